The van der Waals surface area contributed by atoms with E-state index in [9.17, 15) is 22.8 Å². The van der Waals surface area contributed by atoms with E-state index < -0.39 is 12.3 Å². The highest BCUT2D eigenvalue weighted by atomic mass is 19.4. The van der Waals surface area contributed by atoms with Crippen LogP contribution in [-0.4, -0.2) is 61.2 Å². The molecule has 150 valence electrons. The third-order valence-electron chi connectivity index (χ3n) is 3.39. The van der Waals surface area contributed by atoms with Crippen LogP contribution in [0.1, 0.15) is 13.8 Å². The molecule has 0 saturated heterocycles. The van der Waals surface area contributed by atoms with E-state index in [-0.39, 0.29) is 24.7 Å². The van der Waals surface area contributed by atoms with E-state index in [1.54, 1.807) is 16.8 Å². The van der Waals surface area contributed by atoms with Crippen LogP contribution in [0.5, 0.6) is 5.75 Å². The van der Waals surface area contributed by atoms with Crippen molar-refractivity contribution in [3.05, 3.63) is 36.4 Å². The zero-order valence-electron chi connectivity index (χ0n) is 15.6. The summed E-state index contributed by atoms with van der Waals surface area (Å²) in [5, 5.41) is 2.56. The highest BCUT2D eigenvalue weighted by Crippen LogP contribution is 2.23. The number of anilines is 1. The molecule has 2 amide bonds. The van der Waals surface area contributed by atoms with Gasteiger partial charge in [0.1, 0.15) is 5.75 Å². The number of likely N-dealkylation sites (N-methyl/N-ethyl adjacent to an activating group) is 2. The quantitative estimate of drug-likeness (QED) is 0.662. The Bertz CT molecular complexity index is 660. The first-order valence-electron chi connectivity index (χ1n) is 8.26. The number of halogens is 3. The largest absolute Gasteiger partial charge is 0.573 e. The molecule has 0 fully saturated rings. The molecule has 0 aromatic heterocycles. The molecule has 0 saturated carbocycles. The summed E-state index contributed by atoms with van der Waals surface area (Å²) in [7, 11) is 1.63. The molecule has 0 unspecified atom stereocenters. The summed E-state index contributed by atoms with van der Waals surface area (Å²) in [5.74, 6) is -0.887. The van der Waals surface area contributed by atoms with Crippen molar-refractivity contribution in [2.24, 2.45) is 0 Å². The van der Waals surface area contributed by atoms with Gasteiger partial charge in [-0.3, -0.25) is 14.5 Å². The number of rotatable bonds is 9. The van der Waals surface area contributed by atoms with Gasteiger partial charge >= 0.3 is 6.36 Å². The van der Waals surface area contributed by atoms with E-state index in [1.807, 2.05) is 13.8 Å². The van der Waals surface area contributed by atoms with Crippen LogP contribution < -0.4 is 10.1 Å². The average Bonchev–Trinajstić information content (AvgIpc) is 2.52. The highest BCUT2D eigenvalue weighted by molar-refractivity contribution is 5.92. The predicted octanol–water partition coefficient (Wildman–Crippen LogP) is 2.88. The zero-order chi connectivity index (χ0) is 20.6. The summed E-state index contributed by atoms with van der Waals surface area (Å²) in [6, 6.07) is 4.81. The van der Waals surface area contributed by atoms with Gasteiger partial charge in [-0.2, -0.15) is 0 Å². The van der Waals surface area contributed by atoms with Crippen molar-refractivity contribution in [1.82, 2.24) is 9.80 Å². The van der Waals surface area contributed by atoms with E-state index in [1.165, 1.54) is 12.1 Å². The van der Waals surface area contributed by atoms with E-state index in [4.69, 9.17) is 0 Å². The van der Waals surface area contributed by atoms with E-state index in [0.717, 1.165) is 17.7 Å². The maximum atomic E-state index is 12.2. The predicted molar refractivity (Wildman–Crippen MR) is 96.3 cm³/mol. The van der Waals surface area contributed by atoms with Gasteiger partial charge in [-0.05, 0) is 45.2 Å². The Kier molecular flexibility index (Phi) is 8.30. The van der Waals surface area contributed by atoms with Crippen LogP contribution in [0.15, 0.2) is 36.4 Å². The lowest BCUT2D eigenvalue weighted by molar-refractivity contribution is -0.274. The second kappa shape index (κ2) is 9.96. The molecule has 1 aromatic rings. The summed E-state index contributed by atoms with van der Waals surface area (Å²) < 4.78 is 40.1. The molecule has 0 atom stereocenters. The molecule has 0 radical (unpaired) electrons. The Hall–Kier alpha value is -2.55. The second-order valence-corrected chi connectivity index (χ2v) is 6.16. The maximum Gasteiger partial charge on any atom is 0.573 e. The van der Waals surface area contributed by atoms with Crippen LogP contribution in [0, 0.1) is 0 Å². The number of carbonyl (C=O) groups is 2. The molecule has 1 N–H and O–H groups in total. The highest BCUT2D eigenvalue weighted by Gasteiger charge is 2.31. The van der Waals surface area contributed by atoms with Crippen molar-refractivity contribution in [3.8, 4) is 5.75 Å². The number of hydrogen-bond acceptors (Lipinski definition) is 4. The molecule has 1 rings (SSSR count). The lowest BCUT2D eigenvalue weighted by Gasteiger charge is -2.24. The van der Waals surface area contributed by atoms with E-state index >= 15 is 0 Å². The fraction of sp³-hybridized carbons (Fsp3) is 0.444. The minimum absolute atomic E-state index is 0.0445. The van der Waals surface area contributed by atoms with Crippen molar-refractivity contribution >= 4 is 17.5 Å². The van der Waals surface area contributed by atoms with Crippen LogP contribution in [0.25, 0.3) is 0 Å². The van der Waals surface area contributed by atoms with Gasteiger partial charge in [0.2, 0.25) is 11.8 Å². The SMILES string of the molecule is C=C(C)CN(CC)C(=O)CN(C)CC(=O)Nc1ccc(OC(F)(F)F)cc1. The maximum absolute atomic E-state index is 12.2. The third kappa shape index (κ3) is 9.09. The standard InChI is InChI=1S/C18H24F3N3O3/c1-5-24(10-13(2)3)17(26)12-23(4)11-16(25)22-14-6-8-15(9-7-14)27-18(19,20)21/h6-9H,2,5,10-12H2,1,3-4H3,(H,22,25). The Morgan fingerprint density at radius 2 is 1.74 bits per heavy atom. The van der Waals surface area contributed by atoms with Gasteiger partial charge in [0.05, 0.1) is 13.1 Å². The lowest BCUT2D eigenvalue weighted by atomic mass is 10.3. The molecule has 6 nitrogen and oxygen atoms in total. The zero-order valence-corrected chi connectivity index (χ0v) is 15.6. The number of benzene rings is 1. The van der Waals surface area contributed by atoms with Crippen LogP contribution in [0.4, 0.5) is 18.9 Å². The van der Waals surface area contributed by atoms with Crippen molar-refractivity contribution < 1.29 is 27.5 Å². The molecule has 1 aromatic carbocycles. The first kappa shape index (κ1) is 22.5. The normalized spacial score (nSPS) is 11.2. The lowest BCUT2D eigenvalue weighted by Crippen LogP contribution is -2.41. The van der Waals surface area contributed by atoms with Crippen molar-refractivity contribution in [2.75, 3.05) is 38.5 Å². The number of hydrogen-bond donors (Lipinski definition) is 1. The Balaban J connectivity index is 2.51. The van der Waals surface area contributed by atoms with Gasteiger partial charge in [0.25, 0.3) is 0 Å². The minimum Gasteiger partial charge on any atom is -0.406 e. The molecule has 0 bridgehead atoms. The van der Waals surface area contributed by atoms with E-state index in [0.29, 0.717) is 18.8 Å². The summed E-state index contributed by atoms with van der Waals surface area (Å²) in [4.78, 5) is 27.4. The number of ether oxygens (including phenoxy) is 1. The fourth-order valence-electron chi connectivity index (χ4n) is 2.27. The Morgan fingerprint density at radius 1 is 1.15 bits per heavy atom. The van der Waals surface area contributed by atoms with Gasteiger partial charge < -0.3 is 15.0 Å². The van der Waals surface area contributed by atoms with Crippen molar-refractivity contribution in [2.45, 2.75) is 20.2 Å². The molecule has 0 aliphatic rings. The van der Waals surface area contributed by atoms with Crippen molar-refractivity contribution in [3.63, 3.8) is 0 Å². The van der Waals surface area contributed by atoms with Gasteiger partial charge in [-0.25, -0.2) is 0 Å². The van der Waals surface area contributed by atoms with Crippen molar-refractivity contribution in [1.29, 1.82) is 0 Å². The Labute approximate surface area is 156 Å². The van der Waals surface area contributed by atoms with Gasteiger partial charge in [0.15, 0.2) is 0 Å². The summed E-state index contributed by atoms with van der Waals surface area (Å²) in [6.45, 7) is 8.49. The summed E-state index contributed by atoms with van der Waals surface area (Å²) in [5.41, 5.74) is 1.19. The fourth-order valence-corrected chi connectivity index (χ4v) is 2.27. The topological polar surface area (TPSA) is 61.9 Å². The molecule has 0 aliphatic heterocycles. The first-order chi connectivity index (χ1) is 12.5. The number of alkyl halides is 3. The summed E-state index contributed by atoms with van der Waals surface area (Å²) in [6.07, 6.45) is -4.77. The van der Waals surface area contributed by atoms with Gasteiger partial charge in [-0.1, -0.05) is 12.2 Å². The van der Waals surface area contributed by atoms with Gasteiger partial charge in [0, 0.05) is 18.8 Å². The Morgan fingerprint density at radius 3 is 2.22 bits per heavy atom. The van der Waals surface area contributed by atoms with E-state index in [2.05, 4.69) is 16.6 Å². The summed E-state index contributed by atoms with van der Waals surface area (Å²) >= 11 is 0. The van der Waals surface area contributed by atoms with Crippen LogP contribution in [0.2, 0.25) is 0 Å². The molecule has 0 spiro atoms. The number of nitrogens with one attached hydrogen (secondary N) is 1. The molecular weight excluding hydrogens is 363 g/mol. The molecule has 0 aliphatic carbocycles. The molecule has 0 heterocycles. The third-order valence-corrected chi connectivity index (χ3v) is 3.39. The molecule has 27 heavy (non-hydrogen) atoms. The van der Waals surface area contributed by atoms with Crippen LogP contribution in [0.3, 0.4) is 0 Å². The average molecular weight is 387 g/mol. The molecule has 9 heteroatoms. The van der Waals surface area contributed by atoms with Crippen LogP contribution in [-0.2, 0) is 9.59 Å². The monoisotopic (exact) mass is 387 g/mol. The molecular formula is C18H24F3N3O3. The van der Waals surface area contributed by atoms with Gasteiger partial charge in [-0.15, -0.1) is 13.2 Å². The minimum atomic E-state index is -4.77. The number of nitrogens with zero attached hydrogens (tertiary/aromatic N) is 2. The number of amides is 2. The van der Waals surface area contributed by atoms with Crippen LogP contribution >= 0.6 is 0 Å². The smallest absolute Gasteiger partial charge is 0.406 e. The first-order valence-corrected chi connectivity index (χ1v) is 8.26. The second-order valence-electron chi connectivity index (χ2n) is 6.16. The number of carbonyl (C=O) groups excluding carboxylic acids is 2.